The maximum Gasteiger partial charge on any atom is 0.333 e. The van der Waals surface area contributed by atoms with Crippen LogP contribution < -0.4 is 4.74 Å². The standard InChI is InChI=1S/C25H24O3/c1-3-27-25(26)17(2)23-13-11-20-10-12-22(15-24(20)23)28-16-18-8-9-19-6-4-5-7-21(19)14-18/h4-10,12,14-15H,3,11,13,16H2,1-2H3. The highest BCUT2D eigenvalue weighted by Crippen LogP contribution is 2.37. The third-order valence-electron chi connectivity index (χ3n) is 5.30. The lowest BCUT2D eigenvalue weighted by Gasteiger charge is -2.11. The van der Waals surface area contributed by atoms with E-state index in [1.807, 2.05) is 32.0 Å². The van der Waals surface area contributed by atoms with Gasteiger partial charge in [0.15, 0.2) is 0 Å². The molecule has 3 heteroatoms. The molecule has 0 aliphatic heterocycles. The van der Waals surface area contributed by atoms with Gasteiger partial charge in [-0.1, -0.05) is 42.5 Å². The van der Waals surface area contributed by atoms with E-state index in [4.69, 9.17) is 9.47 Å². The van der Waals surface area contributed by atoms with Crippen LogP contribution in [0.3, 0.4) is 0 Å². The van der Waals surface area contributed by atoms with Gasteiger partial charge in [0.2, 0.25) is 0 Å². The van der Waals surface area contributed by atoms with E-state index >= 15 is 0 Å². The number of carbonyl (C=O) groups is 1. The van der Waals surface area contributed by atoms with Gasteiger partial charge in [0.05, 0.1) is 6.61 Å². The van der Waals surface area contributed by atoms with Crippen molar-refractivity contribution in [3.63, 3.8) is 0 Å². The average Bonchev–Trinajstić information content (AvgIpc) is 3.15. The Morgan fingerprint density at radius 2 is 1.79 bits per heavy atom. The maximum atomic E-state index is 12.1. The van der Waals surface area contributed by atoms with Crippen molar-refractivity contribution in [3.8, 4) is 5.75 Å². The van der Waals surface area contributed by atoms with Crippen LogP contribution in [0.2, 0.25) is 0 Å². The molecule has 3 aromatic rings. The number of rotatable bonds is 5. The van der Waals surface area contributed by atoms with Crippen molar-refractivity contribution in [2.24, 2.45) is 0 Å². The first-order valence-corrected chi connectivity index (χ1v) is 9.76. The van der Waals surface area contributed by atoms with E-state index in [-0.39, 0.29) is 5.97 Å². The monoisotopic (exact) mass is 372 g/mol. The van der Waals surface area contributed by atoms with Crippen LogP contribution in [-0.4, -0.2) is 12.6 Å². The Kier molecular flexibility index (Phi) is 5.16. The molecular weight excluding hydrogens is 348 g/mol. The molecule has 0 amide bonds. The predicted molar refractivity (Wildman–Crippen MR) is 112 cm³/mol. The van der Waals surface area contributed by atoms with Crippen LogP contribution in [0.5, 0.6) is 5.75 Å². The quantitative estimate of drug-likeness (QED) is 0.426. The molecule has 0 saturated carbocycles. The van der Waals surface area contributed by atoms with E-state index in [9.17, 15) is 4.79 Å². The molecule has 0 saturated heterocycles. The normalized spacial score (nSPS) is 14.6. The fourth-order valence-electron chi connectivity index (χ4n) is 3.79. The number of hydrogen-bond acceptors (Lipinski definition) is 3. The summed E-state index contributed by atoms with van der Waals surface area (Å²) in [5.41, 5.74) is 5.29. The molecule has 0 unspecified atom stereocenters. The summed E-state index contributed by atoms with van der Waals surface area (Å²) in [4.78, 5) is 12.1. The van der Waals surface area contributed by atoms with Crippen molar-refractivity contribution >= 4 is 22.3 Å². The van der Waals surface area contributed by atoms with Crippen molar-refractivity contribution in [1.29, 1.82) is 0 Å². The minimum atomic E-state index is -0.229. The van der Waals surface area contributed by atoms with Crippen molar-refractivity contribution in [2.45, 2.75) is 33.3 Å². The Bertz CT molecular complexity index is 1060. The highest BCUT2D eigenvalue weighted by atomic mass is 16.5. The second kappa shape index (κ2) is 7.89. The number of ether oxygens (including phenoxy) is 2. The zero-order chi connectivity index (χ0) is 19.5. The Balaban J connectivity index is 1.54. The molecule has 0 aromatic heterocycles. The van der Waals surface area contributed by atoms with Gasteiger partial charge in [0, 0.05) is 5.57 Å². The summed E-state index contributed by atoms with van der Waals surface area (Å²) in [7, 11) is 0. The summed E-state index contributed by atoms with van der Waals surface area (Å²) >= 11 is 0. The molecule has 0 heterocycles. The molecule has 3 aromatic carbocycles. The second-order valence-electron chi connectivity index (χ2n) is 7.11. The zero-order valence-corrected chi connectivity index (χ0v) is 16.3. The van der Waals surface area contributed by atoms with E-state index in [2.05, 4.69) is 42.5 Å². The lowest BCUT2D eigenvalue weighted by Crippen LogP contribution is -2.07. The first-order valence-electron chi connectivity index (χ1n) is 9.76. The van der Waals surface area contributed by atoms with Crippen LogP contribution in [0, 0.1) is 0 Å². The zero-order valence-electron chi connectivity index (χ0n) is 16.3. The molecular formula is C25H24O3. The predicted octanol–water partition coefficient (Wildman–Crippen LogP) is 5.70. The molecule has 0 radical (unpaired) electrons. The minimum Gasteiger partial charge on any atom is -0.489 e. The lowest BCUT2D eigenvalue weighted by molar-refractivity contribution is -0.138. The van der Waals surface area contributed by atoms with Gasteiger partial charge in [-0.05, 0) is 77.9 Å². The second-order valence-corrected chi connectivity index (χ2v) is 7.11. The number of benzene rings is 3. The van der Waals surface area contributed by atoms with Crippen LogP contribution >= 0.6 is 0 Å². The number of fused-ring (bicyclic) bond motifs is 2. The van der Waals surface area contributed by atoms with Gasteiger partial charge in [-0.2, -0.15) is 0 Å². The van der Waals surface area contributed by atoms with Gasteiger partial charge in [0.25, 0.3) is 0 Å². The van der Waals surface area contributed by atoms with Crippen molar-refractivity contribution < 1.29 is 14.3 Å². The van der Waals surface area contributed by atoms with Crippen LogP contribution in [0.15, 0.2) is 66.2 Å². The maximum absolute atomic E-state index is 12.1. The molecule has 0 N–H and O–H groups in total. The Morgan fingerprint density at radius 1 is 0.964 bits per heavy atom. The number of esters is 1. The molecule has 1 aliphatic carbocycles. The molecule has 142 valence electrons. The van der Waals surface area contributed by atoms with Gasteiger partial charge in [-0.15, -0.1) is 0 Å². The summed E-state index contributed by atoms with van der Waals surface area (Å²) < 4.78 is 11.2. The molecule has 28 heavy (non-hydrogen) atoms. The molecule has 0 bridgehead atoms. The van der Waals surface area contributed by atoms with E-state index in [1.165, 1.54) is 16.3 Å². The average molecular weight is 372 g/mol. The van der Waals surface area contributed by atoms with Gasteiger partial charge in [-0.3, -0.25) is 0 Å². The Morgan fingerprint density at radius 3 is 2.61 bits per heavy atom. The fraction of sp³-hybridized carbons (Fsp3) is 0.240. The smallest absolute Gasteiger partial charge is 0.333 e. The van der Waals surface area contributed by atoms with Gasteiger partial charge >= 0.3 is 5.97 Å². The lowest BCUT2D eigenvalue weighted by atomic mass is 10.0. The first-order chi connectivity index (χ1) is 13.7. The van der Waals surface area contributed by atoms with Crippen molar-refractivity contribution in [1.82, 2.24) is 0 Å². The number of allylic oxidation sites excluding steroid dienone is 1. The molecule has 0 atom stereocenters. The molecule has 0 fully saturated rings. The number of aryl methyl sites for hydroxylation is 1. The SMILES string of the molecule is CCOC(=O)C(C)=C1CCc2ccc(OCc3ccc4ccccc4c3)cc21. The molecule has 3 nitrogen and oxygen atoms in total. The van der Waals surface area contributed by atoms with Gasteiger partial charge < -0.3 is 9.47 Å². The Labute approximate surface area is 165 Å². The van der Waals surface area contributed by atoms with Gasteiger partial charge in [0.1, 0.15) is 12.4 Å². The van der Waals surface area contributed by atoms with E-state index in [0.29, 0.717) is 18.8 Å². The summed E-state index contributed by atoms with van der Waals surface area (Å²) in [5.74, 6) is 0.593. The topological polar surface area (TPSA) is 35.5 Å². The number of carbonyl (C=O) groups excluding carboxylic acids is 1. The first kappa shape index (κ1) is 18.3. The molecule has 4 rings (SSSR count). The number of hydrogen-bond donors (Lipinski definition) is 0. The largest absolute Gasteiger partial charge is 0.489 e. The van der Waals surface area contributed by atoms with Crippen LogP contribution in [0.25, 0.3) is 16.3 Å². The third kappa shape index (κ3) is 3.65. The van der Waals surface area contributed by atoms with E-state index in [1.54, 1.807) is 0 Å². The highest BCUT2D eigenvalue weighted by molar-refractivity contribution is 5.98. The van der Waals surface area contributed by atoms with Crippen LogP contribution in [0.1, 0.15) is 37.0 Å². The van der Waals surface area contributed by atoms with E-state index in [0.717, 1.165) is 35.3 Å². The van der Waals surface area contributed by atoms with E-state index < -0.39 is 0 Å². The van der Waals surface area contributed by atoms with Crippen molar-refractivity contribution in [3.05, 3.63) is 82.9 Å². The third-order valence-corrected chi connectivity index (χ3v) is 5.30. The summed E-state index contributed by atoms with van der Waals surface area (Å²) in [6.45, 7) is 4.59. The highest BCUT2D eigenvalue weighted by Gasteiger charge is 2.22. The fourth-order valence-corrected chi connectivity index (χ4v) is 3.79. The van der Waals surface area contributed by atoms with Gasteiger partial charge in [-0.25, -0.2) is 4.79 Å². The molecule has 0 spiro atoms. The molecule has 1 aliphatic rings. The van der Waals surface area contributed by atoms with Crippen molar-refractivity contribution in [2.75, 3.05) is 6.61 Å². The summed E-state index contributed by atoms with van der Waals surface area (Å²) in [6.07, 6.45) is 1.82. The van der Waals surface area contributed by atoms with Crippen LogP contribution in [-0.2, 0) is 22.6 Å². The minimum absolute atomic E-state index is 0.229. The van der Waals surface area contributed by atoms with Crippen LogP contribution in [0.4, 0.5) is 0 Å². The summed E-state index contributed by atoms with van der Waals surface area (Å²) in [5, 5.41) is 2.45. The Hall–Kier alpha value is -3.07. The summed E-state index contributed by atoms with van der Waals surface area (Å²) in [6, 6.07) is 20.9.